The first-order valence-corrected chi connectivity index (χ1v) is 11.3. The van der Waals surface area contributed by atoms with Gasteiger partial charge in [-0.25, -0.2) is 9.78 Å². The third-order valence-electron chi connectivity index (χ3n) is 4.45. The standard InChI is InChI=1S/C22H21Br2N3O5/c1-5-31-19-9-14(8-17(24)20(19)32-12(2)22(29)30-4)11-25-27-13(3)26-18-7-6-15(23)10-16(18)21(27)28/h6-12H,5H2,1-4H3/t12-/m0/s1. The second-order valence-corrected chi connectivity index (χ2v) is 8.50. The van der Waals surface area contributed by atoms with E-state index in [1.54, 1.807) is 38.1 Å². The van der Waals surface area contributed by atoms with Gasteiger partial charge >= 0.3 is 5.97 Å². The number of carbonyl (C=O) groups excluding carboxylic acids is 1. The van der Waals surface area contributed by atoms with Gasteiger partial charge in [0.15, 0.2) is 17.6 Å². The molecule has 0 amide bonds. The maximum absolute atomic E-state index is 12.9. The molecule has 0 unspecified atom stereocenters. The van der Waals surface area contributed by atoms with E-state index >= 15 is 0 Å². The Balaban J connectivity index is 2.00. The molecule has 3 aromatic rings. The second kappa shape index (κ2) is 10.3. The van der Waals surface area contributed by atoms with Crippen LogP contribution in [0.1, 0.15) is 25.2 Å². The van der Waals surface area contributed by atoms with E-state index in [1.165, 1.54) is 18.0 Å². The monoisotopic (exact) mass is 565 g/mol. The molecule has 8 nitrogen and oxygen atoms in total. The fourth-order valence-electron chi connectivity index (χ4n) is 2.95. The number of ether oxygens (including phenoxy) is 3. The summed E-state index contributed by atoms with van der Waals surface area (Å²) in [7, 11) is 1.30. The normalized spacial score (nSPS) is 12.2. The van der Waals surface area contributed by atoms with Gasteiger partial charge in [-0.2, -0.15) is 9.78 Å². The minimum atomic E-state index is -0.820. The number of hydrogen-bond donors (Lipinski definition) is 0. The van der Waals surface area contributed by atoms with Crippen molar-refractivity contribution in [2.45, 2.75) is 26.9 Å². The first kappa shape index (κ1) is 23.9. The van der Waals surface area contributed by atoms with Gasteiger partial charge in [0.2, 0.25) is 0 Å². The number of carbonyl (C=O) groups is 1. The van der Waals surface area contributed by atoms with Crippen molar-refractivity contribution >= 4 is 54.9 Å². The summed E-state index contributed by atoms with van der Waals surface area (Å²) >= 11 is 6.84. The molecule has 0 aliphatic carbocycles. The van der Waals surface area contributed by atoms with Gasteiger partial charge in [0, 0.05) is 4.47 Å². The molecular weight excluding hydrogens is 546 g/mol. The van der Waals surface area contributed by atoms with Crippen LogP contribution in [-0.4, -0.2) is 41.7 Å². The number of benzene rings is 2. The Morgan fingerprint density at radius 2 is 2.03 bits per heavy atom. The van der Waals surface area contributed by atoms with Crippen molar-refractivity contribution in [3.63, 3.8) is 0 Å². The van der Waals surface area contributed by atoms with Crippen LogP contribution in [0.2, 0.25) is 0 Å². The Morgan fingerprint density at radius 1 is 1.28 bits per heavy atom. The highest BCUT2D eigenvalue weighted by atomic mass is 79.9. The molecule has 1 heterocycles. The van der Waals surface area contributed by atoms with E-state index < -0.39 is 12.1 Å². The van der Waals surface area contributed by atoms with Crippen LogP contribution in [0.3, 0.4) is 0 Å². The molecule has 0 N–H and O–H groups in total. The maximum atomic E-state index is 12.9. The lowest BCUT2D eigenvalue weighted by molar-refractivity contribution is -0.147. The lowest BCUT2D eigenvalue weighted by atomic mass is 10.2. The van der Waals surface area contributed by atoms with Gasteiger partial charge in [0.05, 0.1) is 35.3 Å². The minimum Gasteiger partial charge on any atom is -0.490 e. The zero-order chi connectivity index (χ0) is 23.4. The summed E-state index contributed by atoms with van der Waals surface area (Å²) < 4.78 is 18.7. The summed E-state index contributed by atoms with van der Waals surface area (Å²) in [5.41, 5.74) is 0.977. The van der Waals surface area contributed by atoms with Crippen molar-refractivity contribution in [1.82, 2.24) is 9.66 Å². The van der Waals surface area contributed by atoms with Crippen molar-refractivity contribution in [3.05, 3.63) is 61.0 Å². The molecule has 0 fully saturated rings. The topological polar surface area (TPSA) is 92.0 Å². The van der Waals surface area contributed by atoms with Crippen LogP contribution >= 0.6 is 31.9 Å². The van der Waals surface area contributed by atoms with Crippen molar-refractivity contribution in [3.8, 4) is 11.5 Å². The predicted octanol–water partition coefficient (Wildman–Crippen LogP) is 4.45. The average Bonchev–Trinajstić information content (AvgIpc) is 2.76. The first-order valence-electron chi connectivity index (χ1n) is 9.69. The minimum absolute atomic E-state index is 0.277. The molecule has 0 bridgehead atoms. The Bertz CT molecular complexity index is 1260. The molecule has 2 aromatic carbocycles. The van der Waals surface area contributed by atoms with Crippen LogP contribution in [0.25, 0.3) is 10.9 Å². The van der Waals surface area contributed by atoms with Crippen LogP contribution in [0.15, 0.2) is 49.2 Å². The number of nitrogens with zero attached hydrogens (tertiary/aromatic N) is 3. The smallest absolute Gasteiger partial charge is 0.346 e. The lowest BCUT2D eigenvalue weighted by Gasteiger charge is -2.17. The number of aromatic nitrogens is 2. The largest absolute Gasteiger partial charge is 0.490 e. The van der Waals surface area contributed by atoms with E-state index in [0.717, 1.165) is 4.47 Å². The van der Waals surface area contributed by atoms with E-state index in [9.17, 15) is 9.59 Å². The van der Waals surface area contributed by atoms with Crippen molar-refractivity contribution in [2.75, 3.05) is 13.7 Å². The second-order valence-electron chi connectivity index (χ2n) is 6.73. The summed E-state index contributed by atoms with van der Waals surface area (Å²) in [6.07, 6.45) is 0.708. The quantitative estimate of drug-likeness (QED) is 0.310. The molecule has 10 heteroatoms. The van der Waals surface area contributed by atoms with Crippen molar-refractivity contribution < 1.29 is 19.0 Å². The molecule has 3 rings (SSSR count). The number of esters is 1. The van der Waals surface area contributed by atoms with Crippen molar-refractivity contribution in [1.29, 1.82) is 0 Å². The highest BCUT2D eigenvalue weighted by Crippen LogP contribution is 2.37. The third kappa shape index (κ3) is 5.18. The van der Waals surface area contributed by atoms with E-state index in [0.29, 0.717) is 44.9 Å². The van der Waals surface area contributed by atoms with E-state index in [4.69, 9.17) is 14.2 Å². The van der Waals surface area contributed by atoms with Gasteiger partial charge in [-0.05, 0) is 72.6 Å². The summed E-state index contributed by atoms with van der Waals surface area (Å²) in [5.74, 6) is 0.739. The van der Waals surface area contributed by atoms with E-state index in [1.807, 2.05) is 13.0 Å². The summed E-state index contributed by atoms with van der Waals surface area (Å²) in [5, 5.41) is 4.80. The van der Waals surface area contributed by atoms with Gasteiger partial charge in [0.25, 0.3) is 5.56 Å². The number of rotatable bonds is 7. The van der Waals surface area contributed by atoms with Crippen molar-refractivity contribution in [2.24, 2.45) is 5.10 Å². The molecule has 0 saturated carbocycles. The molecule has 32 heavy (non-hydrogen) atoms. The van der Waals surface area contributed by atoms with Crippen LogP contribution in [0.4, 0.5) is 0 Å². The maximum Gasteiger partial charge on any atom is 0.346 e. The number of fused-ring (bicyclic) bond motifs is 1. The Hall–Kier alpha value is -2.72. The molecule has 0 radical (unpaired) electrons. The summed E-state index contributed by atoms with van der Waals surface area (Å²) in [6.45, 7) is 5.53. The number of halogens is 2. The highest BCUT2D eigenvalue weighted by Gasteiger charge is 2.20. The Morgan fingerprint density at radius 3 is 2.72 bits per heavy atom. The van der Waals surface area contributed by atoms with Gasteiger partial charge < -0.3 is 14.2 Å². The summed E-state index contributed by atoms with van der Waals surface area (Å²) in [6, 6.07) is 8.79. The molecule has 0 aliphatic heterocycles. The van der Waals surface area contributed by atoms with Gasteiger partial charge in [0.1, 0.15) is 5.82 Å². The van der Waals surface area contributed by atoms with E-state index in [2.05, 4.69) is 41.9 Å². The molecule has 168 valence electrons. The zero-order valence-electron chi connectivity index (χ0n) is 17.9. The van der Waals surface area contributed by atoms with Crippen LogP contribution < -0.4 is 15.0 Å². The fourth-order valence-corrected chi connectivity index (χ4v) is 3.87. The highest BCUT2D eigenvalue weighted by molar-refractivity contribution is 9.10. The predicted molar refractivity (Wildman–Crippen MR) is 129 cm³/mol. The summed E-state index contributed by atoms with van der Waals surface area (Å²) in [4.78, 5) is 29.1. The molecular formula is C22H21Br2N3O5. The van der Waals surface area contributed by atoms with E-state index in [-0.39, 0.29) is 5.56 Å². The van der Waals surface area contributed by atoms with Crippen LogP contribution in [0, 0.1) is 6.92 Å². The number of methoxy groups -OCH3 is 1. The molecule has 0 spiro atoms. The first-order chi connectivity index (χ1) is 15.2. The molecule has 1 aromatic heterocycles. The Labute approximate surface area is 201 Å². The zero-order valence-corrected chi connectivity index (χ0v) is 21.1. The lowest BCUT2D eigenvalue weighted by Crippen LogP contribution is -2.25. The molecule has 0 aliphatic rings. The number of hydrogen-bond acceptors (Lipinski definition) is 7. The van der Waals surface area contributed by atoms with Gasteiger partial charge in [-0.15, -0.1) is 0 Å². The van der Waals surface area contributed by atoms with Gasteiger partial charge in [-0.3, -0.25) is 4.79 Å². The van der Waals surface area contributed by atoms with Crippen LogP contribution in [-0.2, 0) is 9.53 Å². The van der Waals surface area contributed by atoms with Gasteiger partial charge in [-0.1, -0.05) is 15.9 Å². The SMILES string of the molecule is CCOc1cc(C=Nn2c(C)nc3ccc(Br)cc3c2=O)cc(Br)c1O[C@@H](C)C(=O)OC. The number of aryl methyl sites for hydroxylation is 1. The molecule has 0 saturated heterocycles. The van der Waals surface area contributed by atoms with Crippen LogP contribution in [0.5, 0.6) is 11.5 Å². The average molecular weight is 567 g/mol. The Kier molecular flexibility index (Phi) is 7.68. The third-order valence-corrected chi connectivity index (χ3v) is 5.53. The molecule has 1 atom stereocenters. The fraction of sp³-hybridized carbons (Fsp3) is 0.273.